The molecule has 5 rings (SSSR count). The summed E-state index contributed by atoms with van der Waals surface area (Å²) in [6.07, 6.45) is 1.57. The van der Waals surface area contributed by atoms with E-state index in [0.29, 0.717) is 47.6 Å². The molecule has 2 aliphatic heterocycles. The van der Waals surface area contributed by atoms with Crippen LogP contribution in [-0.4, -0.2) is 99.9 Å². The summed E-state index contributed by atoms with van der Waals surface area (Å²) < 4.78 is 43.2. The Hall–Kier alpha value is -5.21. The average molecular weight is 736 g/mol. The molecule has 0 aromatic heterocycles. The van der Waals surface area contributed by atoms with Crippen molar-refractivity contribution in [1.82, 2.24) is 10.2 Å². The maximum absolute atomic E-state index is 16.1. The predicted octanol–water partition coefficient (Wildman–Crippen LogP) is 5.73. The third kappa shape index (κ3) is 9.43. The van der Waals surface area contributed by atoms with Crippen LogP contribution in [0, 0.1) is 19.7 Å². The highest BCUT2D eigenvalue weighted by Crippen LogP contribution is 2.33. The van der Waals surface area contributed by atoms with Gasteiger partial charge in [-0.25, -0.2) is 14.0 Å². The minimum atomic E-state index is -1.16. The number of hydrogen-bond donors (Lipinski definition) is 2. The highest BCUT2D eigenvalue weighted by atomic mass is 19.1. The van der Waals surface area contributed by atoms with Crippen molar-refractivity contribution in [2.45, 2.75) is 58.1 Å². The summed E-state index contributed by atoms with van der Waals surface area (Å²) in [4.78, 5) is 55.8. The van der Waals surface area contributed by atoms with Crippen LogP contribution in [0.1, 0.15) is 79.9 Å². The summed E-state index contributed by atoms with van der Waals surface area (Å²) in [6, 6.07) is 11.3. The molecule has 2 N–H and O–H groups in total. The summed E-state index contributed by atoms with van der Waals surface area (Å²) in [5, 5.41) is 12.7. The molecule has 0 bridgehead atoms. The van der Waals surface area contributed by atoms with Gasteiger partial charge in [0.15, 0.2) is 25.2 Å². The van der Waals surface area contributed by atoms with E-state index in [-0.39, 0.29) is 55.5 Å². The van der Waals surface area contributed by atoms with Crippen LogP contribution in [0.4, 0.5) is 14.9 Å². The van der Waals surface area contributed by atoms with Crippen LogP contribution in [0.15, 0.2) is 48.5 Å². The highest BCUT2D eigenvalue weighted by molar-refractivity contribution is 6.11. The van der Waals surface area contributed by atoms with E-state index in [2.05, 4.69) is 5.32 Å². The van der Waals surface area contributed by atoms with Gasteiger partial charge in [-0.1, -0.05) is 12.1 Å². The number of ketones is 1. The van der Waals surface area contributed by atoms with Crippen molar-refractivity contribution in [1.29, 1.82) is 0 Å². The molecule has 0 spiro atoms. The van der Waals surface area contributed by atoms with Crippen molar-refractivity contribution in [3.05, 3.63) is 87.7 Å². The molecule has 2 fully saturated rings. The molecular weight excluding hydrogens is 689 g/mol. The average Bonchev–Trinajstić information content (AvgIpc) is 3.35. The molecule has 14 heteroatoms. The lowest BCUT2D eigenvalue weighted by Crippen LogP contribution is -2.51. The number of nitrogens with zero attached hydrogens (tertiary/aromatic N) is 2. The van der Waals surface area contributed by atoms with Gasteiger partial charge < -0.3 is 43.9 Å². The zero-order valence-corrected chi connectivity index (χ0v) is 30.4. The second-order valence-corrected chi connectivity index (χ2v) is 13.2. The second-order valence-electron chi connectivity index (χ2n) is 13.2. The van der Waals surface area contributed by atoms with Gasteiger partial charge in [-0.3, -0.25) is 9.59 Å². The molecule has 284 valence electrons. The molecule has 0 unspecified atom stereocenters. The third-order valence-corrected chi connectivity index (χ3v) is 9.39. The predicted molar refractivity (Wildman–Crippen MR) is 193 cm³/mol. The van der Waals surface area contributed by atoms with Crippen molar-refractivity contribution in [3.63, 3.8) is 0 Å². The molecule has 2 saturated heterocycles. The molecule has 2 heterocycles. The fraction of sp³-hybridized carbons (Fsp3) is 0.436. The fourth-order valence-corrected chi connectivity index (χ4v) is 6.75. The van der Waals surface area contributed by atoms with E-state index in [0.717, 1.165) is 19.3 Å². The number of aryl methyl sites for hydroxylation is 2. The number of hydrogen-bond acceptors (Lipinski definition) is 10. The van der Waals surface area contributed by atoms with Gasteiger partial charge in [0.2, 0.25) is 0 Å². The Kier molecular flexibility index (Phi) is 13.3. The SMILES string of the molecule is COCOc1ccc(N2CCCCC2)c(F)c1C(=O)c1ccc(C(=O)O[C@@H]2CCCN(C(=O)O)C[C@H]2NC(=O)c2cc(C)c(OCOC)c(C)c2)cc1. The summed E-state index contributed by atoms with van der Waals surface area (Å²) in [6.45, 7) is 4.91. The Labute approximate surface area is 307 Å². The highest BCUT2D eigenvalue weighted by Gasteiger charge is 2.34. The zero-order chi connectivity index (χ0) is 38.1. The number of esters is 1. The molecule has 2 atom stereocenters. The van der Waals surface area contributed by atoms with E-state index in [1.165, 1.54) is 43.4 Å². The van der Waals surface area contributed by atoms with Gasteiger partial charge in [0.1, 0.15) is 23.2 Å². The van der Waals surface area contributed by atoms with E-state index >= 15 is 4.39 Å². The first-order chi connectivity index (χ1) is 25.5. The Morgan fingerprint density at radius 1 is 0.830 bits per heavy atom. The lowest BCUT2D eigenvalue weighted by molar-refractivity contribution is 0.0179. The Morgan fingerprint density at radius 2 is 1.47 bits per heavy atom. The van der Waals surface area contributed by atoms with E-state index in [9.17, 15) is 24.3 Å². The standard InChI is InChI=1S/C39H46FN3O10/c1-24-19-28(20-25(2)36(24)52-23-50-4)37(45)41-29-21-43(39(47)48)18-8-9-31(29)53-38(46)27-12-10-26(11-13-27)35(44)33-32(51-22-49-3)15-14-30(34(33)40)42-16-6-5-7-17-42/h10-15,19-20,29,31H,5-9,16-18,21-23H2,1-4H3,(H,41,45)(H,47,48)/t29-,31-/m1/s1. The number of methoxy groups -OCH3 is 2. The molecule has 13 nitrogen and oxygen atoms in total. The first-order valence-corrected chi connectivity index (χ1v) is 17.6. The van der Waals surface area contributed by atoms with Gasteiger partial charge in [-0.05, 0) is 93.5 Å². The Bertz CT molecular complexity index is 1770. The lowest BCUT2D eigenvalue weighted by Gasteiger charge is -2.30. The van der Waals surface area contributed by atoms with Crippen molar-refractivity contribution in [2.24, 2.45) is 0 Å². The number of ether oxygens (including phenoxy) is 5. The van der Waals surface area contributed by atoms with Gasteiger partial charge in [0.05, 0.1) is 17.3 Å². The number of carbonyl (C=O) groups excluding carboxylic acids is 3. The van der Waals surface area contributed by atoms with Crippen LogP contribution in [0.25, 0.3) is 0 Å². The summed E-state index contributed by atoms with van der Waals surface area (Å²) in [5.41, 5.74) is 2.07. The number of halogens is 1. The minimum absolute atomic E-state index is 0.0381. The van der Waals surface area contributed by atoms with Gasteiger partial charge in [0, 0.05) is 51.5 Å². The number of likely N-dealkylation sites (tertiary alicyclic amines) is 1. The number of carboxylic acid groups (broad SMARTS) is 1. The molecule has 0 radical (unpaired) electrons. The van der Waals surface area contributed by atoms with E-state index in [1.807, 2.05) is 4.90 Å². The summed E-state index contributed by atoms with van der Waals surface area (Å²) >= 11 is 0. The monoisotopic (exact) mass is 735 g/mol. The number of amides is 2. The van der Waals surface area contributed by atoms with E-state index in [4.69, 9.17) is 23.7 Å². The van der Waals surface area contributed by atoms with Crippen LogP contribution in [0.2, 0.25) is 0 Å². The van der Waals surface area contributed by atoms with Crippen LogP contribution >= 0.6 is 0 Å². The Balaban J connectivity index is 1.34. The molecule has 2 amide bonds. The van der Waals surface area contributed by atoms with Crippen molar-refractivity contribution >= 4 is 29.4 Å². The molecular formula is C39H46FN3O10. The first kappa shape index (κ1) is 39.0. The molecule has 3 aromatic carbocycles. The third-order valence-electron chi connectivity index (χ3n) is 9.39. The molecule has 2 aliphatic rings. The maximum Gasteiger partial charge on any atom is 0.407 e. The van der Waals surface area contributed by atoms with Gasteiger partial charge in [-0.2, -0.15) is 0 Å². The van der Waals surface area contributed by atoms with Crippen LogP contribution in [0.5, 0.6) is 11.5 Å². The number of anilines is 1. The van der Waals surface area contributed by atoms with Gasteiger partial charge in [0.25, 0.3) is 5.91 Å². The Morgan fingerprint density at radius 3 is 2.11 bits per heavy atom. The van der Waals surface area contributed by atoms with E-state index in [1.54, 1.807) is 38.1 Å². The van der Waals surface area contributed by atoms with Crippen molar-refractivity contribution < 1.29 is 52.4 Å². The van der Waals surface area contributed by atoms with E-state index < -0.39 is 41.7 Å². The van der Waals surface area contributed by atoms with Crippen molar-refractivity contribution in [2.75, 3.05) is 58.9 Å². The number of piperidine rings is 1. The second kappa shape index (κ2) is 18.0. The molecule has 0 saturated carbocycles. The van der Waals surface area contributed by atoms with Crippen LogP contribution in [0.3, 0.4) is 0 Å². The summed E-state index contributed by atoms with van der Waals surface area (Å²) in [5.74, 6) is -1.89. The first-order valence-electron chi connectivity index (χ1n) is 17.6. The topological polar surface area (TPSA) is 153 Å². The van der Waals surface area contributed by atoms with Crippen molar-refractivity contribution in [3.8, 4) is 11.5 Å². The largest absolute Gasteiger partial charge is 0.467 e. The summed E-state index contributed by atoms with van der Waals surface area (Å²) in [7, 11) is 2.93. The van der Waals surface area contributed by atoms with Crippen LogP contribution < -0.4 is 19.7 Å². The molecule has 53 heavy (non-hydrogen) atoms. The van der Waals surface area contributed by atoms with Gasteiger partial charge >= 0.3 is 12.1 Å². The minimum Gasteiger partial charge on any atom is -0.467 e. The molecule has 3 aromatic rings. The lowest BCUT2D eigenvalue weighted by atomic mass is 9.99. The zero-order valence-electron chi connectivity index (χ0n) is 30.4. The quantitative estimate of drug-likeness (QED) is 0.126. The fourth-order valence-electron chi connectivity index (χ4n) is 6.75. The van der Waals surface area contributed by atoms with Crippen LogP contribution in [-0.2, 0) is 14.2 Å². The smallest absolute Gasteiger partial charge is 0.407 e. The number of nitrogens with one attached hydrogen (secondary N) is 1. The number of benzene rings is 3. The number of rotatable bonds is 13. The number of carbonyl (C=O) groups is 4. The normalized spacial score (nSPS) is 17.5. The molecule has 0 aliphatic carbocycles. The van der Waals surface area contributed by atoms with Gasteiger partial charge in [-0.15, -0.1) is 0 Å². The maximum atomic E-state index is 16.1.